The summed E-state index contributed by atoms with van der Waals surface area (Å²) in [5.41, 5.74) is 0.743. The Bertz CT molecular complexity index is 369. The van der Waals surface area contributed by atoms with Crippen molar-refractivity contribution in [1.29, 1.82) is 10.5 Å². The number of ether oxygens (including phenoxy) is 1. The Morgan fingerprint density at radius 2 is 2.12 bits per heavy atom. The van der Waals surface area contributed by atoms with Crippen molar-refractivity contribution in [2.24, 2.45) is 5.92 Å². The van der Waals surface area contributed by atoms with Crippen LogP contribution in [0.2, 0.25) is 0 Å². The van der Waals surface area contributed by atoms with E-state index in [2.05, 4.69) is 0 Å². The van der Waals surface area contributed by atoms with Crippen molar-refractivity contribution < 1.29 is 9.53 Å². The van der Waals surface area contributed by atoms with Crippen LogP contribution in [0.1, 0.15) is 32.6 Å². The van der Waals surface area contributed by atoms with E-state index < -0.39 is 0 Å². The van der Waals surface area contributed by atoms with Gasteiger partial charge >= 0.3 is 5.97 Å². The summed E-state index contributed by atoms with van der Waals surface area (Å²) in [5, 5.41) is 17.7. The maximum Gasteiger partial charge on any atom is 0.313 e. The number of rotatable bonds is 2. The standard InChI is InChI=1S/C12H14N2O2/c1-2-16-12(15)11-6-4-3-5-10(11)9(7-13)8-14/h11H,2-6H2,1H3. The average molecular weight is 218 g/mol. The van der Waals surface area contributed by atoms with Crippen LogP contribution in [0, 0.1) is 28.6 Å². The van der Waals surface area contributed by atoms with Crippen LogP contribution in [0.25, 0.3) is 0 Å². The molecule has 1 aliphatic carbocycles. The Labute approximate surface area is 95.1 Å². The van der Waals surface area contributed by atoms with Gasteiger partial charge in [0, 0.05) is 0 Å². The van der Waals surface area contributed by atoms with Crippen LogP contribution in [0.3, 0.4) is 0 Å². The molecule has 1 atom stereocenters. The fourth-order valence-electron chi connectivity index (χ4n) is 1.98. The summed E-state index contributed by atoms with van der Waals surface area (Å²) < 4.78 is 4.96. The molecule has 4 heteroatoms. The molecule has 16 heavy (non-hydrogen) atoms. The maximum absolute atomic E-state index is 11.7. The van der Waals surface area contributed by atoms with Crippen molar-refractivity contribution >= 4 is 5.97 Å². The number of hydrogen-bond donors (Lipinski definition) is 0. The molecule has 0 N–H and O–H groups in total. The van der Waals surface area contributed by atoms with Gasteiger partial charge in [0.25, 0.3) is 0 Å². The molecule has 1 unspecified atom stereocenters. The lowest BCUT2D eigenvalue weighted by Crippen LogP contribution is -2.23. The minimum Gasteiger partial charge on any atom is -0.466 e. The molecule has 0 spiro atoms. The zero-order valence-electron chi connectivity index (χ0n) is 9.32. The van der Waals surface area contributed by atoms with Crippen molar-refractivity contribution in [2.45, 2.75) is 32.6 Å². The van der Waals surface area contributed by atoms with Crippen LogP contribution in [0.5, 0.6) is 0 Å². The lowest BCUT2D eigenvalue weighted by atomic mass is 9.82. The molecule has 1 fully saturated rings. The van der Waals surface area contributed by atoms with Crippen molar-refractivity contribution in [3.05, 3.63) is 11.1 Å². The van der Waals surface area contributed by atoms with E-state index in [4.69, 9.17) is 15.3 Å². The van der Waals surface area contributed by atoms with E-state index in [1.54, 1.807) is 6.92 Å². The smallest absolute Gasteiger partial charge is 0.313 e. The molecule has 0 saturated heterocycles. The lowest BCUT2D eigenvalue weighted by Gasteiger charge is -2.23. The zero-order valence-corrected chi connectivity index (χ0v) is 9.32. The van der Waals surface area contributed by atoms with E-state index in [0.29, 0.717) is 25.0 Å². The first kappa shape index (κ1) is 12.3. The van der Waals surface area contributed by atoms with Gasteiger partial charge in [0.1, 0.15) is 17.7 Å². The Kier molecular flexibility index (Phi) is 4.54. The van der Waals surface area contributed by atoms with Crippen LogP contribution >= 0.6 is 0 Å². The highest BCUT2D eigenvalue weighted by molar-refractivity contribution is 5.77. The summed E-state index contributed by atoms with van der Waals surface area (Å²) >= 11 is 0. The molecule has 84 valence electrons. The maximum atomic E-state index is 11.7. The van der Waals surface area contributed by atoms with Gasteiger partial charge in [-0.15, -0.1) is 0 Å². The molecule has 0 aromatic carbocycles. The zero-order chi connectivity index (χ0) is 12.0. The van der Waals surface area contributed by atoms with Gasteiger partial charge in [-0.3, -0.25) is 4.79 Å². The summed E-state index contributed by atoms with van der Waals surface area (Å²) in [6.45, 7) is 2.08. The van der Waals surface area contributed by atoms with Crippen LogP contribution in [0.4, 0.5) is 0 Å². The molecule has 0 radical (unpaired) electrons. The quantitative estimate of drug-likeness (QED) is 0.525. The predicted octanol–water partition coefficient (Wildman–Crippen LogP) is 2.08. The van der Waals surface area contributed by atoms with E-state index in [9.17, 15) is 4.79 Å². The summed E-state index contributed by atoms with van der Waals surface area (Å²) in [6, 6.07) is 3.72. The van der Waals surface area contributed by atoms with Crippen LogP contribution in [-0.2, 0) is 9.53 Å². The molecular formula is C12H14N2O2. The monoisotopic (exact) mass is 218 g/mol. The van der Waals surface area contributed by atoms with Gasteiger partial charge in [0.2, 0.25) is 0 Å². The van der Waals surface area contributed by atoms with Crippen molar-refractivity contribution in [3.8, 4) is 12.1 Å². The normalized spacial score (nSPS) is 19.4. The summed E-state index contributed by atoms with van der Waals surface area (Å²) in [4.78, 5) is 11.7. The van der Waals surface area contributed by atoms with Crippen molar-refractivity contribution in [3.63, 3.8) is 0 Å². The first-order valence-electron chi connectivity index (χ1n) is 5.44. The Morgan fingerprint density at radius 1 is 1.44 bits per heavy atom. The van der Waals surface area contributed by atoms with E-state index in [1.165, 1.54) is 0 Å². The first-order valence-corrected chi connectivity index (χ1v) is 5.44. The van der Waals surface area contributed by atoms with Crippen LogP contribution < -0.4 is 0 Å². The Morgan fingerprint density at radius 3 is 2.69 bits per heavy atom. The van der Waals surface area contributed by atoms with Gasteiger partial charge in [0.15, 0.2) is 0 Å². The van der Waals surface area contributed by atoms with E-state index in [1.807, 2.05) is 12.1 Å². The van der Waals surface area contributed by atoms with Gasteiger partial charge in [-0.25, -0.2) is 0 Å². The highest BCUT2D eigenvalue weighted by Crippen LogP contribution is 2.32. The molecule has 0 aromatic rings. The van der Waals surface area contributed by atoms with Gasteiger partial charge in [-0.2, -0.15) is 10.5 Å². The molecule has 1 rings (SSSR count). The molecule has 0 aliphatic heterocycles. The number of nitriles is 2. The number of carbonyl (C=O) groups is 1. The molecule has 1 aliphatic rings. The van der Waals surface area contributed by atoms with E-state index in [0.717, 1.165) is 12.8 Å². The number of carbonyl (C=O) groups excluding carboxylic acids is 1. The lowest BCUT2D eigenvalue weighted by molar-refractivity contribution is -0.147. The third-order valence-electron chi connectivity index (χ3n) is 2.73. The van der Waals surface area contributed by atoms with Gasteiger partial charge in [-0.1, -0.05) is 6.42 Å². The van der Waals surface area contributed by atoms with Crippen LogP contribution in [-0.4, -0.2) is 12.6 Å². The number of allylic oxidation sites excluding steroid dienone is 1. The van der Waals surface area contributed by atoms with Crippen molar-refractivity contribution in [2.75, 3.05) is 6.61 Å². The summed E-state index contributed by atoms with van der Waals surface area (Å²) in [7, 11) is 0. The highest BCUT2D eigenvalue weighted by Gasteiger charge is 2.29. The molecule has 0 bridgehead atoms. The van der Waals surface area contributed by atoms with Gasteiger partial charge < -0.3 is 4.74 Å². The van der Waals surface area contributed by atoms with Crippen LogP contribution in [0.15, 0.2) is 11.1 Å². The Balaban J connectivity index is 2.97. The summed E-state index contributed by atoms with van der Waals surface area (Å²) in [6.07, 6.45) is 3.20. The molecule has 4 nitrogen and oxygen atoms in total. The largest absolute Gasteiger partial charge is 0.466 e. The first-order chi connectivity index (χ1) is 7.74. The molecule has 1 saturated carbocycles. The highest BCUT2D eigenvalue weighted by atomic mass is 16.5. The number of nitrogens with zero attached hydrogens (tertiary/aromatic N) is 2. The third kappa shape index (κ3) is 2.61. The molecule has 0 amide bonds. The Hall–Kier alpha value is -1.81. The second-order valence-electron chi connectivity index (χ2n) is 3.67. The molecular weight excluding hydrogens is 204 g/mol. The van der Waals surface area contributed by atoms with E-state index in [-0.39, 0.29) is 17.5 Å². The third-order valence-corrected chi connectivity index (χ3v) is 2.73. The minimum absolute atomic E-state index is 0.0813. The second-order valence-corrected chi connectivity index (χ2v) is 3.67. The fraction of sp³-hybridized carbons (Fsp3) is 0.583. The topological polar surface area (TPSA) is 73.9 Å². The SMILES string of the molecule is CCOC(=O)C1CCCCC1=C(C#N)C#N. The average Bonchev–Trinajstić information content (AvgIpc) is 2.31. The van der Waals surface area contributed by atoms with Gasteiger partial charge in [0.05, 0.1) is 12.5 Å². The minimum atomic E-state index is -0.386. The number of esters is 1. The second kappa shape index (κ2) is 5.92. The van der Waals surface area contributed by atoms with Gasteiger partial charge in [-0.05, 0) is 31.8 Å². The van der Waals surface area contributed by atoms with Crippen molar-refractivity contribution in [1.82, 2.24) is 0 Å². The number of hydrogen-bond acceptors (Lipinski definition) is 4. The summed E-state index contributed by atoms with van der Waals surface area (Å²) in [5.74, 6) is -0.691. The predicted molar refractivity (Wildman–Crippen MR) is 56.8 cm³/mol. The molecule has 0 heterocycles. The molecule has 0 aromatic heterocycles. The van der Waals surface area contributed by atoms with E-state index >= 15 is 0 Å². The fourth-order valence-corrected chi connectivity index (χ4v) is 1.98.